The molecule has 0 bridgehead atoms. The third-order valence-electron chi connectivity index (χ3n) is 4.63. The number of nitrogens with one attached hydrogen (secondary N) is 1. The molecule has 4 rings (SSSR count). The monoisotopic (exact) mass is 371 g/mol. The molecule has 2 aromatic heterocycles. The first-order valence-electron chi connectivity index (χ1n) is 8.70. The normalized spacial score (nSPS) is 16.7. The molecule has 0 saturated carbocycles. The molecule has 1 aliphatic rings. The number of fused-ring (bicyclic) bond motifs is 1. The Bertz CT molecular complexity index is 898. The van der Waals surface area contributed by atoms with Gasteiger partial charge < -0.3 is 14.5 Å². The highest BCUT2D eigenvalue weighted by molar-refractivity contribution is 7.16. The van der Waals surface area contributed by atoms with Crippen LogP contribution in [-0.2, 0) is 4.74 Å². The van der Waals surface area contributed by atoms with Gasteiger partial charge in [0.25, 0.3) is 5.91 Å². The molecule has 3 aromatic rings. The van der Waals surface area contributed by atoms with Crippen molar-refractivity contribution in [3.8, 4) is 0 Å². The van der Waals surface area contributed by atoms with Crippen molar-refractivity contribution >= 4 is 27.5 Å². The van der Waals surface area contributed by atoms with Gasteiger partial charge in [-0.25, -0.2) is 4.98 Å². The molecule has 136 valence electrons. The van der Waals surface area contributed by atoms with Crippen LogP contribution in [-0.4, -0.2) is 48.6 Å². The molecule has 3 heterocycles. The Morgan fingerprint density at radius 1 is 1.31 bits per heavy atom. The van der Waals surface area contributed by atoms with Crippen molar-refractivity contribution in [3.05, 3.63) is 52.9 Å². The minimum Gasteiger partial charge on any atom is -0.465 e. The zero-order valence-electron chi connectivity index (χ0n) is 14.6. The Balaban J connectivity index is 1.48. The van der Waals surface area contributed by atoms with Crippen molar-refractivity contribution in [2.45, 2.75) is 13.0 Å². The van der Waals surface area contributed by atoms with Gasteiger partial charge in [-0.05, 0) is 37.3 Å². The minimum atomic E-state index is -0.0816. The van der Waals surface area contributed by atoms with Crippen molar-refractivity contribution in [3.63, 3.8) is 0 Å². The molecular weight excluding hydrogens is 350 g/mol. The number of carbonyl (C=O) groups is 1. The van der Waals surface area contributed by atoms with E-state index in [0.29, 0.717) is 25.3 Å². The van der Waals surface area contributed by atoms with E-state index in [9.17, 15) is 4.79 Å². The van der Waals surface area contributed by atoms with E-state index in [0.717, 1.165) is 34.8 Å². The lowest BCUT2D eigenvalue weighted by Gasteiger charge is -2.33. The van der Waals surface area contributed by atoms with Crippen LogP contribution < -0.4 is 5.32 Å². The summed E-state index contributed by atoms with van der Waals surface area (Å²) in [6.45, 7) is 5.48. The summed E-state index contributed by atoms with van der Waals surface area (Å²) in [4.78, 5) is 19.2. The molecular formula is C19H21N3O3S. The van der Waals surface area contributed by atoms with Crippen molar-refractivity contribution in [2.24, 2.45) is 0 Å². The largest absolute Gasteiger partial charge is 0.465 e. The van der Waals surface area contributed by atoms with Crippen LogP contribution in [0, 0.1) is 6.92 Å². The van der Waals surface area contributed by atoms with E-state index in [1.807, 2.05) is 37.3 Å². The number of nitrogens with zero attached hydrogens (tertiary/aromatic N) is 2. The zero-order chi connectivity index (χ0) is 17.9. The summed E-state index contributed by atoms with van der Waals surface area (Å²) >= 11 is 1.54. The van der Waals surface area contributed by atoms with Crippen molar-refractivity contribution in [1.82, 2.24) is 15.2 Å². The van der Waals surface area contributed by atoms with E-state index in [-0.39, 0.29) is 11.9 Å². The molecule has 1 N–H and O–H groups in total. The lowest BCUT2D eigenvalue weighted by Crippen LogP contribution is -2.43. The van der Waals surface area contributed by atoms with Crippen LogP contribution in [0.2, 0.25) is 0 Å². The first-order valence-corrected chi connectivity index (χ1v) is 9.58. The molecule has 1 aliphatic heterocycles. The third-order valence-corrected chi connectivity index (χ3v) is 5.42. The van der Waals surface area contributed by atoms with Gasteiger partial charge >= 0.3 is 0 Å². The van der Waals surface area contributed by atoms with Gasteiger partial charge in [-0.1, -0.05) is 0 Å². The third kappa shape index (κ3) is 3.65. The van der Waals surface area contributed by atoms with Gasteiger partial charge in [-0.2, -0.15) is 0 Å². The van der Waals surface area contributed by atoms with E-state index >= 15 is 0 Å². The van der Waals surface area contributed by atoms with Gasteiger partial charge in [-0.15, -0.1) is 11.3 Å². The summed E-state index contributed by atoms with van der Waals surface area (Å²) in [5.41, 5.74) is 3.36. The van der Waals surface area contributed by atoms with Gasteiger partial charge in [0.2, 0.25) is 0 Å². The molecule has 0 aliphatic carbocycles. The van der Waals surface area contributed by atoms with Crippen molar-refractivity contribution in [1.29, 1.82) is 0 Å². The number of amides is 1. The first kappa shape index (κ1) is 17.2. The quantitative estimate of drug-likeness (QED) is 0.747. The van der Waals surface area contributed by atoms with Crippen molar-refractivity contribution in [2.75, 3.05) is 32.8 Å². The molecule has 0 radical (unpaired) electrons. The summed E-state index contributed by atoms with van der Waals surface area (Å²) in [6.07, 6.45) is 0. The van der Waals surface area contributed by atoms with Crippen LogP contribution in [0.1, 0.15) is 27.9 Å². The van der Waals surface area contributed by atoms with Gasteiger partial charge in [0.15, 0.2) is 0 Å². The van der Waals surface area contributed by atoms with Crippen LogP contribution in [0.25, 0.3) is 10.2 Å². The number of morpholine rings is 1. The summed E-state index contributed by atoms with van der Waals surface area (Å²) in [6, 6.07) is 9.55. The Labute approximate surface area is 155 Å². The summed E-state index contributed by atoms with van der Waals surface area (Å²) in [5.74, 6) is 1.67. The second-order valence-corrected chi connectivity index (χ2v) is 7.24. The maximum Gasteiger partial charge on any atom is 0.251 e. The smallest absolute Gasteiger partial charge is 0.251 e. The number of rotatable bonds is 5. The van der Waals surface area contributed by atoms with Crippen molar-refractivity contribution < 1.29 is 13.9 Å². The van der Waals surface area contributed by atoms with Gasteiger partial charge in [0.1, 0.15) is 11.5 Å². The molecule has 1 saturated heterocycles. The maximum absolute atomic E-state index is 12.6. The van der Waals surface area contributed by atoms with E-state index in [1.165, 1.54) is 11.3 Å². The predicted octanol–water partition coefficient (Wildman–Crippen LogP) is 3.00. The Kier molecular flexibility index (Phi) is 5.01. The number of benzene rings is 1. The van der Waals surface area contributed by atoms with Crippen LogP contribution >= 0.6 is 11.3 Å². The summed E-state index contributed by atoms with van der Waals surface area (Å²) in [5, 5.41) is 3.06. The second-order valence-electron chi connectivity index (χ2n) is 6.36. The number of carbonyl (C=O) groups excluding carboxylic acids is 1. The number of aryl methyl sites for hydroxylation is 1. The Morgan fingerprint density at radius 3 is 2.92 bits per heavy atom. The van der Waals surface area contributed by atoms with Gasteiger partial charge in [-0.3, -0.25) is 9.69 Å². The molecule has 0 unspecified atom stereocenters. The minimum absolute atomic E-state index is 0.00341. The fourth-order valence-corrected chi connectivity index (χ4v) is 3.94. The lowest BCUT2D eigenvalue weighted by molar-refractivity contribution is 0.0117. The number of thiazole rings is 1. The molecule has 1 fully saturated rings. The average molecular weight is 371 g/mol. The zero-order valence-corrected chi connectivity index (χ0v) is 15.4. The van der Waals surface area contributed by atoms with Gasteiger partial charge in [0.05, 0.1) is 35.0 Å². The first-order chi connectivity index (χ1) is 12.7. The molecule has 6 nitrogen and oxygen atoms in total. The fourth-order valence-electron chi connectivity index (χ4n) is 3.22. The molecule has 7 heteroatoms. The number of hydrogen-bond acceptors (Lipinski definition) is 6. The Hall–Kier alpha value is -2.22. The number of hydrogen-bond donors (Lipinski definition) is 1. The number of ether oxygens (including phenoxy) is 1. The van der Waals surface area contributed by atoms with Crippen LogP contribution in [0.5, 0.6) is 0 Å². The van der Waals surface area contributed by atoms with E-state index in [2.05, 4.69) is 15.2 Å². The summed E-state index contributed by atoms with van der Waals surface area (Å²) < 4.78 is 12.3. The van der Waals surface area contributed by atoms with E-state index < -0.39 is 0 Å². The second kappa shape index (κ2) is 7.57. The SMILES string of the molecule is Cc1ccc([C@H](CNC(=O)c2ccc3ncsc3c2)N2CCOCC2)o1. The average Bonchev–Trinajstić information content (AvgIpc) is 3.31. The molecule has 1 aromatic carbocycles. The van der Waals surface area contributed by atoms with E-state index in [4.69, 9.17) is 9.15 Å². The maximum atomic E-state index is 12.6. The fraction of sp³-hybridized carbons (Fsp3) is 0.368. The highest BCUT2D eigenvalue weighted by atomic mass is 32.1. The highest BCUT2D eigenvalue weighted by Gasteiger charge is 2.25. The lowest BCUT2D eigenvalue weighted by atomic mass is 10.1. The molecule has 26 heavy (non-hydrogen) atoms. The Morgan fingerprint density at radius 2 is 2.15 bits per heavy atom. The number of aromatic nitrogens is 1. The van der Waals surface area contributed by atoms with Crippen LogP contribution in [0.4, 0.5) is 0 Å². The molecule has 1 atom stereocenters. The topological polar surface area (TPSA) is 67.6 Å². The molecule has 0 spiro atoms. The van der Waals surface area contributed by atoms with Crippen LogP contribution in [0.3, 0.4) is 0 Å². The standard InChI is InChI=1S/C19H21N3O3S/c1-13-2-5-17(25-13)16(22-6-8-24-9-7-22)11-20-19(23)14-3-4-15-18(10-14)26-12-21-15/h2-5,10,12,16H,6-9,11H2,1H3,(H,20,23)/t16-/m0/s1. The van der Waals surface area contributed by atoms with Gasteiger partial charge in [0, 0.05) is 25.2 Å². The van der Waals surface area contributed by atoms with E-state index in [1.54, 1.807) is 5.51 Å². The highest BCUT2D eigenvalue weighted by Crippen LogP contribution is 2.24. The predicted molar refractivity (Wildman–Crippen MR) is 101 cm³/mol. The summed E-state index contributed by atoms with van der Waals surface area (Å²) in [7, 11) is 0. The number of furan rings is 1. The molecule has 1 amide bonds. The van der Waals surface area contributed by atoms with Crippen LogP contribution in [0.15, 0.2) is 40.3 Å².